The second-order valence-electron chi connectivity index (χ2n) is 5.32. The zero-order valence-corrected chi connectivity index (χ0v) is 12.3. The van der Waals surface area contributed by atoms with Crippen molar-refractivity contribution in [1.82, 2.24) is 0 Å². The molecule has 0 bridgehead atoms. The Morgan fingerprint density at radius 3 is 2.70 bits per heavy atom. The fraction of sp³-hybridized carbons (Fsp3) is 0.167. The number of nitrogens with zero attached hydrogens (tertiary/aromatic N) is 2. The molecule has 0 atom stereocenters. The van der Waals surface area contributed by atoms with Crippen LogP contribution in [0.2, 0.25) is 0 Å². The first-order chi connectivity index (χ1) is 11.1. The molecule has 0 radical (unpaired) electrons. The van der Waals surface area contributed by atoms with Gasteiger partial charge in [-0.15, -0.1) is 0 Å². The number of amides is 1. The molecule has 1 aliphatic rings. The van der Waals surface area contributed by atoms with Crippen molar-refractivity contribution in [3.63, 3.8) is 0 Å². The Balaban J connectivity index is 2.01. The molecule has 2 aromatic carbocycles. The topological polar surface area (TPSA) is 41.7 Å². The van der Waals surface area contributed by atoms with E-state index in [9.17, 15) is 14.0 Å². The number of carbonyl (C=O) groups excluding carboxylic acids is 2. The number of carbonyl (C=O) groups is 2. The van der Waals surface area contributed by atoms with Gasteiger partial charge in [-0.2, -0.15) is 0 Å². The van der Waals surface area contributed by atoms with Gasteiger partial charge >= 0.3 is 0 Å². The molecule has 3 rings (SSSR count). The maximum Gasteiger partial charge on any atom is 0.227 e. The second kappa shape index (κ2) is 6.01. The number of halogens is 1. The van der Waals surface area contributed by atoms with Gasteiger partial charge in [0.25, 0.3) is 0 Å². The van der Waals surface area contributed by atoms with Crippen molar-refractivity contribution < 1.29 is 14.0 Å². The van der Waals surface area contributed by atoms with Crippen LogP contribution >= 0.6 is 0 Å². The van der Waals surface area contributed by atoms with E-state index < -0.39 is 5.82 Å². The highest BCUT2D eigenvalue weighted by Gasteiger charge is 2.26. The molecule has 5 heteroatoms. The van der Waals surface area contributed by atoms with E-state index in [1.54, 1.807) is 30.3 Å². The predicted molar refractivity (Wildman–Crippen MR) is 83.9 cm³/mol. The summed E-state index contributed by atoms with van der Waals surface area (Å²) in [7, 11) is 0. The third-order valence-corrected chi connectivity index (χ3v) is 3.83. The third-order valence-electron chi connectivity index (χ3n) is 3.83. The number of hydrogen-bond acceptors (Lipinski definition) is 2. The van der Waals surface area contributed by atoms with Crippen LogP contribution in [0.5, 0.6) is 0 Å². The number of hydrogen-bond donors (Lipinski definition) is 0. The average Bonchev–Trinajstić information content (AvgIpc) is 2.69. The lowest BCUT2D eigenvalue weighted by molar-refractivity contribution is -0.118. The number of fused-ring (bicyclic) bond motifs is 1. The molecule has 0 fully saturated rings. The van der Waals surface area contributed by atoms with E-state index in [2.05, 4.69) is 4.85 Å². The molecular formula is C18H13FN2O2. The largest absolute Gasteiger partial charge is 0.307 e. The first-order valence-electron chi connectivity index (χ1n) is 7.18. The van der Waals surface area contributed by atoms with Gasteiger partial charge in [-0.05, 0) is 29.8 Å². The van der Waals surface area contributed by atoms with Crippen LogP contribution in [0, 0.1) is 12.4 Å². The highest BCUT2D eigenvalue weighted by atomic mass is 19.1. The van der Waals surface area contributed by atoms with Crippen molar-refractivity contribution in [3.8, 4) is 0 Å². The van der Waals surface area contributed by atoms with Crippen LogP contribution in [0.1, 0.15) is 28.8 Å². The summed E-state index contributed by atoms with van der Waals surface area (Å²) >= 11 is 0. The van der Waals surface area contributed by atoms with Crippen molar-refractivity contribution in [3.05, 3.63) is 70.8 Å². The number of rotatable bonds is 2. The molecule has 0 spiro atoms. The van der Waals surface area contributed by atoms with Crippen LogP contribution in [-0.4, -0.2) is 11.7 Å². The maximum absolute atomic E-state index is 13.4. The van der Waals surface area contributed by atoms with E-state index in [4.69, 9.17) is 6.57 Å². The number of anilines is 1. The number of ketones is 1. The quantitative estimate of drug-likeness (QED) is 0.790. The molecule has 1 heterocycles. The SMILES string of the molecule is [C-]#[N+]c1cc(CN2C(=O)CCC(=O)c3ccccc32)ccc1F. The minimum Gasteiger partial charge on any atom is -0.307 e. The number of Topliss-reactive ketones (excluding diaryl/α,β-unsaturated/α-hetero) is 1. The van der Waals surface area contributed by atoms with E-state index in [-0.39, 0.29) is 36.8 Å². The minimum atomic E-state index is -0.582. The minimum absolute atomic E-state index is 0.0580. The van der Waals surface area contributed by atoms with E-state index in [0.717, 1.165) is 0 Å². The Hall–Kier alpha value is -3.00. The van der Waals surface area contributed by atoms with E-state index in [0.29, 0.717) is 16.8 Å². The van der Waals surface area contributed by atoms with Crippen molar-refractivity contribution in [2.75, 3.05) is 4.90 Å². The predicted octanol–water partition coefficient (Wildman–Crippen LogP) is 3.89. The Kier molecular flexibility index (Phi) is 3.90. The molecule has 1 aliphatic heterocycles. The van der Waals surface area contributed by atoms with Crippen LogP contribution in [0.4, 0.5) is 15.8 Å². The van der Waals surface area contributed by atoms with Crippen LogP contribution in [0.25, 0.3) is 4.85 Å². The fourth-order valence-electron chi connectivity index (χ4n) is 2.67. The summed E-state index contributed by atoms with van der Waals surface area (Å²) in [6.45, 7) is 7.18. The van der Waals surface area contributed by atoms with Gasteiger partial charge in [-0.3, -0.25) is 9.59 Å². The van der Waals surface area contributed by atoms with Gasteiger partial charge in [0, 0.05) is 24.9 Å². The third kappa shape index (κ3) is 2.84. The Morgan fingerprint density at radius 2 is 1.91 bits per heavy atom. The van der Waals surface area contributed by atoms with Crippen LogP contribution < -0.4 is 4.90 Å². The van der Waals surface area contributed by atoms with Crippen molar-refractivity contribution in [2.45, 2.75) is 19.4 Å². The first kappa shape index (κ1) is 14.9. The summed E-state index contributed by atoms with van der Waals surface area (Å²) in [5.74, 6) is -0.795. The van der Waals surface area contributed by atoms with Crippen molar-refractivity contribution in [2.24, 2.45) is 0 Å². The monoisotopic (exact) mass is 308 g/mol. The maximum atomic E-state index is 13.4. The molecular weight excluding hydrogens is 295 g/mol. The second-order valence-corrected chi connectivity index (χ2v) is 5.32. The summed E-state index contributed by atoms with van der Waals surface area (Å²) in [6.07, 6.45) is 0.327. The zero-order valence-electron chi connectivity index (χ0n) is 12.3. The van der Waals surface area contributed by atoms with Crippen LogP contribution in [0.15, 0.2) is 42.5 Å². The molecule has 0 unspecified atom stereocenters. The molecule has 0 aromatic heterocycles. The molecule has 0 saturated carbocycles. The zero-order chi connectivity index (χ0) is 16.4. The van der Waals surface area contributed by atoms with Gasteiger partial charge in [0.2, 0.25) is 11.6 Å². The van der Waals surface area contributed by atoms with E-state index in [1.807, 2.05) is 0 Å². The normalized spacial score (nSPS) is 14.2. The summed E-state index contributed by atoms with van der Waals surface area (Å²) in [5, 5.41) is 0. The number of para-hydroxylation sites is 1. The lowest BCUT2D eigenvalue weighted by atomic mass is 10.1. The Labute approximate surface area is 133 Å². The van der Waals surface area contributed by atoms with Gasteiger partial charge in [-0.25, -0.2) is 9.24 Å². The van der Waals surface area contributed by atoms with Gasteiger partial charge in [0.1, 0.15) is 5.82 Å². The van der Waals surface area contributed by atoms with Crippen LogP contribution in [-0.2, 0) is 11.3 Å². The van der Waals surface area contributed by atoms with Crippen molar-refractivity contribution in [1.29, 1.82) is 0 Å². The average molecular weight is 308 g/mol. The standard InChI is InChI=1S/C18H13FN2O2/c1-20-15-10-12(6-7-14(15)19)11-21-16-5-3-2-4-13(16)17(22)8-9-18(21)23/h2-7,10H,8-9,11H2. The lowest BCUT2D eigenvalue weighted by Crippen LogP contribution is -2.29. The summed E-state index contributed by atoms with van der Waals surface area (Å²) in [4.78, 5) is 29.2. The Bertz CT molecular complexity index is 839. The van der Waals surface area contributed by atoms with Gasteiger partial charge in [0.15, 0.2) is 5.78 Å². The lowest BCUT2D eigenvalue weighted by Gasteiger charge is -2.23. The number of benzene rings is 2. The van der Waals surface area contributed by atoms with Gasteiger partial charge < -0.3 is 4.90 Å². The highest BCUT2D eigenvalue weighted by molar-refractivity contribution is 6.09. The molecule has 2 aromatic rings. The van der Waals surface area contributed by atoms with Crippen molar-refractivity contribution >= 4 is 23.1 Å². The summed E-state index contributed by atoms with van der Waals surface area (Å²) < 4.78 is 13.4. The summed E-state index contributed by atoms with van der Waals surface area (Å²) in [5.41, 5.74) is 1.66. The van der Waals surface area contributed by atoms with E-state index >= 15 is 0 Å². The Morgan fingerprint density at radius 1 is 1.13 bits per heavy atom. The van der Waals surface area contributed by atoms with Gasteiger partial charge in [-0.1, -0.05) is 18.2 Å². The summed E-state index contributed by atoms with van der Waals surface area (Å²) in [6, 6.07) is 11.2. The molecule has 23 heavy (non-hydrogen) atoms. The molecule has 4 nitrogen and oxygen atoms in total. The molecule has 1 amide bonds. The van der Waals surface area contributed by atoms with E-state index in [1.165, 1.54) is 17.0 Å². The molecule has 0 saturated heterocycles. The van der Waals surface area contributed by atoms with Gasteiger partial charge in [0.05, 0.1) is 12.3 Å². The first-order valence-corrected chi connectivity index (χ1v) is 7.18. The smallest absolute Gasteiger partial charge is 0.227 e. The molecule has 0 aliphatic carbocycles. The molecule has 0 N–H and O–H groups in total. The highest BCUT2D eigenvalue weighted by Crippen LogP contribution is 2.29. The fourth-order valence-corrected chi connectivity index (χ4v) is 2.67. The molecule has 114 valence electrons. The van der Waals surface area contributed by atoms with Crippen LogP contribution in [0.3, 0.4) is 0 Å².